The zero-order chi connectivity index (χ0) is 22.6. The molecule has 0 saturated carbocycles. The first kappa shape index (κ1) is 23.6. The van der Waals surface area contributed by atoms with Crippen LogP contribution in [0, 0.1) is 5.92 Å². The number of amides is 2. The van der Waals surface area contributed by atoms with Crippen LogP contribution in [0.2, 0.25) is 0 Å². The molecule has 8 nitrogen and oxygen atoms in total. The molecule has 2 aliphatic heterocycles. The third-order valence-corrected chi connectivity index (χ3v) is 6.37. The van der Waals surface area contributed by atoms with Crippen LogP contribution >= 0.6 is 15.9 Å². The first-order valence-electron chi connectivity index (χ1n) is 10.2. The molecular formula is C22H26BrNO7. The van der Waals surface area contributed by atoms with Crippen molar-refractivity contribution in [3.05, 3.63) is 46.5 Å². The average molecular weight is 496 g/mol. The maximum absolute atomic E-state index is 13.2. The highest BCUT2D eigenvalue weighted by Crippen LogP contribution is 2.37. The molecule has 2 N–H and O–H groups in total. The van der Waals surface area contributed by atoms with Crippen molar-refractivity contribution in [1.29, 1.82) is 0 Å². The van der Waals surface area contributed by atoms with E-state index in [9.17, 15) is 19.5 Å². The van der Waals surface area contributed by atoms with Crippen LogP contribution in [0.5, 0.6) is 0 Å². The molecule has 2 aliphatic rings. The Kier molecular flexibility index (Phi) is 7.64. The molecular weight excluding hydrogens is 470 g/mol. The molecule has 0 aromatic heterocycles. The van der Waals surface area contributed by atoms with E-state index >= 15 is 0 Å². The zero-order valence-electron chi connectivity index (χ0n) is 17.2. The molecule has 0 spiro atoms. The van der Waals surface area contributed by atoms with Crippen LogP contribution in [0.4, 0.5) is 4.79 Å². The second-order valence-electron chi connectivity index (χ2n) is 7.82. The fraction of sp³-hybridized carbons (Fsp3) is 0.500. The number of ether oxygens (including phenoxy) is 2. The number of hydrogen-bond donors (Lipinski definition) is 2. The van der Waals surface area contributed by atoms with Gasteiger partial charge in [0.2, 0.25) is 5.91 Å². The quantitative estimate of drug-likeness (QED) is 0.531. The van der Waals surface area contributed by atoms with Gasteiger partial charge in [0.1, 0.15) is 12.7 Å². The summed E-state index contributed by atoms with van der Waals surface area (Å²) in [7, 11) is 0. The maximum Gasteiger partial charge on any atom is 0.416 e. The lowest BCUT2D eigenvalue weighted by Crippen LogP contribution is -2.52. The van der Waals surface area contributed by atoms with E-state index in [1.54, 1.807) is 0 Å². The van der Waals surface area contributed by atoms with E-state index in [1.807, 2.05) is 30.3 Å². The van der Waals surface area contributed by atoms with Gasteiger partial charge in [-0.05, 0) is 46.8 Å². The molecule has 0 radical (unpaired) electrons. The number of unbranched alkanes of at least 4 members (excludes halogenated alkanes) is 1. The minimum absolute atomic E-state index is 0.0332. The standard InChI is InChI=1S/C22H26BrNO7/c1-14(19-17(26)12-18(23)22(29,31-19)9-5-6-10-25)20(27)24-16(13-30-21(24)28)11-15-7-3-2-4-8-15/h2-4,7-8,12,14,16,19,25,29H,5-6,9-11,13H2,1H3/t14-,16-,19+,22+/m1/s1. The second-order valence-corrected chi connectivity index (χ2v) is 8.67. The normalized spacial score (nSPS) is 27.1. The molecule has 31 heavy (non-hydrogen) atoms. The van der Waals surface area contributed by atoms with Gasteiger partial charge in [-0.3, -0.25) is 9.59 Å². The third kappa shape index (κ3) is 5.23. The largest absolute Gasteiger partial charge is 0.447 e. The number of cyclic esters (lactones) is 1. The van der Waals surface area contributed by atoms with Crippen molar-refractivity contribution in [2.45, 2.75) is 50.5 Å². The number of nitrogens with zero attached hydrogens (tertiary/aromatic N) is 1. The number of halogens is 1. The molecule has 1 saturated heterocycles. The second kappa shape index (κ2) is 10.0. The molecule has 1 fully saturated rings. The monoisotopic (exact) mass is 495 g/mol. The molecule has 0 unspecified atom stereocenters. The number of imide groups is 1. The van der Waals surface area contributed by atoms with E-state index in [-0.39, 0.29) is 24.1 Å². The van der Waals surface area contributed by atoms with Crippen LogP contribution < -0.4 is 0 Å². The summed E-state index contributed by atoms with van der Waals surface area (Å²) in [5.74, 6) is -3.87. The van der Waals surface area contributed by atoms with Gasteiger partial charge in [-0.15, -0.1) is 0 Å². The Bertz CT molecular complexity index is 859. The summed E-state index contributed by atoms with van der Waals surface area (Å²) in [6, 6.07) is 8.93. The van der Waals surface area contributed by atoms with Crippen LogP contribution in [-0.4, -0.2) is 64.0 Å². The number of carbonyl (C=O) groups excluding carboxylic acids is 3. The van der Waals surface area contributed by atoms with Crippen molar-refractivity contribution in [2.75, 3.05) is 13.2 Å². The molecule has 2 heterocycles. The fourth-order valence-electron chi connectivity index (χ4n) is 3.76. The number of rotatable bonds is 8. The molecule has 3 rings (SSSR count). The first-order valence-corrected chi connectivity index (χ1v) is 11.0. The molecule has 168 valence electrons. The highest BCUT2D eigenvalue weighted by molar-refractivity contribution is 9.11. The Morgan fingerprint density at radius 2 is 2.00 bits per heavy atom. The zero-order valence-corrected chi connectivity index (χ0v) is 18.8. The Morgan fingerprint density at radius 3 is 2.68 bits per heavy atom. The van der Waals surface area contributed by atoms with E-state index < -0.39 is 41.6 Å². The van der Waals surface area contributed by atoms with E-state index in [1.165, 1.54) is 13.0 Å². The first-order chi connectivity index (χ1) is 14.8. The molecule has 2 amide bonds. The third-order valence-electron chi connectivity index (χ3n) is 5.52. The number of carbonyl (C=O) groups is 3. The van der Waals surface area contributed by atoms with Crippen molar-refractivity contribution in [3.63, 3.8) is 0 Å². The lowest BCUT2D eigenvalue weighted by molar-refractivity contribution is -0.217. The number of hydrogen-bond acceptors (Lipinski definition) is 7. The molecule has 0 bridgehead atoms. The predicted octanol–water partition coefficient (Wildman–Crippen LogP) is 2.31. The topological polar surface area (TPSA) is 113 Å². The Balaban J connectivity index is 1.75. The van der Waals surface area contributed by atoms with Gasteiger partial charge in [0, 0.05) is 13.0 Å². The average Bonchev–Trinajstić information content (AvgIpc) is 3.11. The summed E-state index contributed by atoms with van der Waals surface area (Å²) < 4.78 is 11.0. The Labute approximate surface area is 188 Å². The molecule has 1 aromatic rings. The van der Waals surface area contributed by atoms with Gasteiger partial charge >= 0.3 is 6.09 Å². The summed E-state index contributed by atoms with van der Waals surface area (Å²) in [6.45, 7) is 1.54. The number of aliphatic hydroxyl groups is 2. The van der Waals surface area contributed by atoms with E-state index in [0.717, 1.165) is 10.5 Å². The van der Waals surface area contributed by atoms with Crippen molar-refractivity contribution in [2.24, 2.45) is 5.92 Å². The summed E-state index contributed by atoms with van der Waals surface area (Å²) in [6.07, 6.45) is 0.686. The van der Waals surface area contributed by atoms with Gasteiger partial charge < -0.3 is 19.7 Å². The Hall–Kier alpha value is -2.07. The molecule has 1 aromatic carbocycles. The lowest BCUT2D eigenvalue weighted by Gasteiger charge is -2.37. The van der Waals surface area contributed by atoms with Crippen LogP contribution in [0.25, 0.3) is 0 Å². The highest BCUT2D eigenvalue weighted by atomic mass is 79.9. The van der Waals surface area contributed by atoms with Crippen LogP contribution in [0.3, 0.4) is 0 Å². The van der Waals surface area contributed by atoms with Crippen molar-refractivity contribution in [1.82, 2.24) is 4.90 Å². The summed E-state index contributed by atoms with van der Waals surface area (Å²) in [5, 5.41) is 19.8. The van der Waals surface area contributed by atoms with Crippen LogP contribution in [0.1, 0.15) is 31.7 Å². The number of aliphatic hydroxyl groups excluding tert-OH is 1. The fourth-order valence-corrected chi connectivity index (χ4v) is 4.28. The minimum Gasteiger partial charge on any atom is -0.447 e. The van der Waals surface area contributed by atoms with Gasteiger partial charge in [-0.2, -0.15) is 0 Å². The summed E-state index contributed by atoms with van der Waals surface area (Å²) in [5.41, 5.74) is 0.950. The number of benzene rings is 1. The predicted molar refractivity (Wildman–Crippen MR) is 114 cm³/mol. The van der Waals surface area contributed by atoms with Crippen LogP contribution in [0.15, 0.2) is 40.9 Å². The van der Waals surface area contributed by atoms with Crippen molar-refractivity contribution in [3.8, 4) is 0 Å². The van der Waals surface area contributed by atoms with Crippen molar-refractivity contribution < 1.29 is 34.1 Å². The van der Waals surface area contributed by atoms with E-state index in [2.05, 4.69) is 15.9 Å². The minimum atomic E-state index is -1.78. The summed E-state index contributed by atoms with van der Waals surface area (Å²) >= 11 is 3.17. The van der Waals surface area contributed by atoms with Gasteiger partial charge in [0.25, 0.3) is 0 Å². The lowest BCUT2D eigenvalue weighted by atomic mass is 9.93. The van der Waals surface area contributed by atoms with Gasteiger partial charge in [-0.25, -0.2) is 9.69 Å². The SMILES string of the molecule is C[C@@H](C(=O)N1C(=O)OC[C@H]1Cc1ccccc1)[C@@H]1O[C@@](O)(CCCCO)C(Br)=CC1=O. The van der Waals surface area contributed by atoms with Gasteiger partial charge in [0.05, 0.1) is 16.4 Å². The Morgan fingerprint density at radius 1 is 1.29 bits per heavy atom. The highest BCUT2D eigenvalue weighted by Gasteiger charge is 2.48. The smallest absolute Gasteiger partial charge is 0.416 e. The molecule has 0 aliphatic carbocycles. The van der Waals surface area contributed by atoms with Crippen molar-refractivity contribution >= 4 is 33.7 Å². The molecule has 9 heteroatoms. The van der Waals surface area contributed by atoms with Gasteiger partial charge in [0.15, 0.2) is 11.6 Å². The maximum atomic E-state index is 13.2. The molecule has 4 atom stereocenters. The number of ketones is 1. The van der Waals surface area contributed by atoms with E-state index in [4.69, 9.17) is 14.6 Å². The van der Waals surface area contributed by atoms with Crippen LogP contribution in [-0.2, 0) is 25.5 Å². The van der Waals surface area contributed by atoms with Gasteiger partial charge in [-0.1, -0.05) is 37.3 Å². The van der Waals surface area contributed by atoms with E-state index in [0.29, 0.717) is 19.3 Å². The summed E-state index contributed by atoms with van der Waals surface area (Å²) in [4.78, 5) is 39.1.